The highest BCUT2D eigenvalue weighted by Crippen LogP contribution is 2.27. The molecule has 0 saturated heterocycles. The summed E-state index contributed by atoms with van der Waals surface area (Å²) in [6.45, 7) is 24.8. The minimum absolute atomic E-state index is 0.169. The summed E-state index contributed by atoms with van der Waals surface area (Å²) in [6.07, 6.45) is 2.53. The van der Waals surface area contributed by atoms with E-state index in [1.54, 1.807) is 13.0 Å². The maximum atomic E-state index is 12.9. The molecule has 0 radical (unpaired) electrons. The largest absolute Gasteiger partial charge is 0.719 e. The highest BCUT2D eigenvalue weighted by atomic mass is 28.5. The Bertz CT molecular complexity index is 491. The number of rotatable bonds is 12. The summed E-state index contributed by atoms with van der Waals surface area (Å²) in [6, 6.07) is 0. The third-order valence-electron chi connectivity index (χ3n) is 2.90. The molecule has 0 fully saturated rings. The predicted octanol–water partition coefficient (Wildman–Crippen LogP) is 5.28. The van der Waals surface area contributed by atoms with Crippen LogP contribution in [0.25, 0.3) is 0 Å². The molecular formula is C18H42O6Si4. The van der Waals surface area contributed by atoms with Gasteiger partial charge in [0.25, 0.3) is 0 Å². The summed E-state index contributed by atoms with van der Waals surface area (Å²) in [5.41, 5.74) is 0.470. The van der Waals surface area contributed by atoms with Crippen molar-refractivity contribution in [2.24, 2.45) is 0 Å². The van der Waals surface area contributed by atoms with Crippen molar-refractivity contribution < 1.29 is 26.3 Å². The maximum absolute atomic E-state index is 12.9. The summed E-state index contributed by atoms with van der Waals surface area (Å²) in [5.74, 6) is -0.464. The van der Waals surface area contributed by atoms with Crippen LogP contribution >= 0.6 is 0 Å². The van der Waals surface area contributed by atoms with Gasteiger partial charge in [0.2, 0.25) is 0 Å². The van der Waals surface area contributed by atoms with Gasteiger partial charge in [-0.25, -0.2) is 4.79 Å². The van der Waals surface area contributed by atoms with Crippen LogP contribution in [-0.2, 0) is 26.3 Å². The third-order valence-corrected chi connectivity index (χ3v) is 13.7. The molecule has 0 amide bonds. The monoisotopic (exact) mass is 466 g/mol. The van der Waals surface area contributed by atoms with Crippen molar-refractivity contribution in [2.45, 2.75) is 92.2 Å². The van der Waals surface area contributed by atoms with Gasteiger partial charge in [0.05, 0.1) is 6.10 Å². The fraction of sp³-hybridized carbons (Fsp3) is 0.833. The van der Waals surface area contributed by atoms with Crippen molar-refractivity contribution in [1.29, 1.82) is 0 Å². The Morgan fingerprint density at radius 2 is 1.25 bits per heavy atom. The van der Waals surface area contributed by atoms with Gasteiger partial charge < -0.3 is 21.5 Å². The molecule has 10 heteroatoms. The normalized spacial score (nSPS) is 15.5. The minimum Gasteiger partial charge on any atom is -0.450 e. The molecule has 0 aliphatic heterocycles. The second-order valence-corrected chi connectivity index (χ2v) is 26.3. The first-order valence-corrected chi connectivity index (χ1v) is 21.9. The standard InChI is InChI=1S/C18H42O6Si4/c1-13-14-20-17(3)15-16(2)18(19)21-28(22-25(4,5)6,23-26(7,8)9)24-27(10,11)12/h15,17H,13-14H2,1-12H3. The third kappa shape index (κ3) is 13.2. The van der Waals surface area contributed by atoms with Gasteiger partial charge in [-0.1, -0.05) is 6.92 Å². The topological polar surface area (TPSA) is 63.2 Å². The van der Waals surface area contributed by atoms with Gasteiger partial charge >= 0.3 is 15.0 Å². The molecule has 1 unspecified atom stereocenters. The van der Waals surface area contributed by atoms with Gasteiger partial charge in [0, 0.05) is 12.2 Å². The second kappa shape index (κ2) is 10.8. The van der Waals surface area contributed by atoms with E-state index in [-0.39, 0.29) is 6.10 Å². The van der Waals surface area contributed by atoms with E-state index >= 15 is 0 Å². The van der Waals surface area contributed by atoms with Gasteiger partial charge in [-0.15, -0.1) is 0 Å². The Balaban J connectivity index is 5.81. The highest BCUT2D eigenvalue weighted by Gasteiger charge is 2.57. The maximum Gasteiger partial charge on any atom is 0.719 e. The van der Waals surface area contributed by atoms with Crippen LogP contribution < -0.4 is 0 Å². The van der Waals surface area contributed by atoms with Crippen LogP contribution in [0.5, 0.6) is 0 Å². The van der Waals surface area contributed by atoms with E-state index in [9.17, 15) is 4.79 Å². The van der Waals surface area contributed by atoms with E-state index < -0.39 is 40.0 Å². The van der Waals surface area contributed by atoms with Crippen molar-refractivity contribution in [3.8, 4) is 0 Å². The molecule has 0 aromatic carbocycles. The van der Waals surface area contributed by atoms with Gasteiger partial charge in [-0.05, 0) is 85.3 Å². The van der Waals surface area contributed by atoms with Crippen molar-refractivity contribution >= 4 is 40.0 Å². The van der Waals surface area contributed by atoms with E-state index in [1.165, 1.54) is 0 Å². The summed E-state index contributed by atoms with van der Waals surface area (Å²) in [5, 5.41) is 0. The molecule has 0 spiro atoms. The average molecular weight is 467 g/mol. The first-order valence-electron chi connectivity index (χ1n) is 10.0. The van der Waals surface area contributed by atoms with Gasteiger partial charge in [0.1, 0.15) is 0 Å². The van der Waals surface area contributed by atoms with Crippen molar-refractivity contribution in [1.82, 2.24) is 0 Å². The van der Waals surface area contributed by atoms with Crippen molar-refractivity contribution in [3.63, 3.8) is 0 Å². The Kier molecular flexibility index (Phi) is 10.8. The van der Waals surface area contributed by atoms with Gasteiger partial charge in [-0.3, -0.25) is 0 Å². The zero-order chi connectivity index (χ0) is 22.4. The van der Waals surface area contributed by atoms with Crippen LogP contribution in [0, 0.1) is 0 Å². The number of hydrogen-bond acceptors (Lipinski definition) is 6. The van der Waals surface area contributed by atoms with Crippen molar-refractivity contribution in [3.05, 3.63) is 11.6 Å². The highest BCUT2D eigenvalue weighted by molar-refractivity contribution is 6.88. The summed E-state index contributed by atoms with van der Waals surface area (Å²) in [7, 11) is -9.98. The fourth-order valence-electron chi connectivity index (χ4n) is 2.22. The van der Waals surface area contributed by atoms with E-state index in [0.717, 1.165) is 6.42 Å². The molecule has 0 aliphatic carbocycles. The molecule has 1 atom stereocenters. The van der Waals surface area contributed by atoms with Crippen LogP contribution in [-0.4, -0.2) is 52.7 Å². The smallest absolute Gasteiger partial charge is 0.450 e. The molecular weight excluding hydrogens is 425 g/mol. The Labute approximate surface area is 176 Å². The van der Waals surface area contributed by atoms with Crippen LogP contribution in [0.2, 0.25) is 58.9 Å². The first kappa shape index (κ1) is 27.9. The number of carbonyl (C=O) groups excluding carboxylic acids is 1. The molecule has 6 nitrogen and oxygen atoms in total. The van der Waals surface area contributed by atoms with E-state index in [4.69, 9.17) is 21.5 Å². The van der Waals surface area contributed by atoms with Crippen LogP contribution in [0.4, 0.5) is 0 Å². The lowest BCUT2D eigenvalue weighted by atomic mass is 10.2. The second-order valence-electron chi connectivity index (χ2n) is 9.96. The lowest BCUT2D eigenvalue weighted by Crippen LogP contribution is -2.63. The minimum atomic E-state index is -3.65. The lowest BCUT2D eigenvalue weighted by Gasteiger charge is -2.40. The molecule has 0 aliphatic rings. The van der Waals surface area contributed by atoms with Crippen molar-refractivity contribution in [2.75, 3.05) is 6.61 Å². The average Bonchev–Trinajstić information content (AvgIpc) is 2.38. The molecule has 0 N–H and O–H groups in total. The molecule has 0 rings (SSSR count). The SMILES string of the molecule is CCCOC(C)C=C(C)C(=O)O[Si](O[Si](C)(C)C)(O[Si](C)(C)C)O[Si](C)(C)C. The zero-order valence-electron chi connectivity index (χ0n) is 20.0. The van der Waals surface area contributed by atoms with E-state index in [1.807, 2.05) is 72.8 Å². The van der Waals surface area contributed by atoms with E-state index in [0.29, 0.717) is 12.2 Å². The van der Waals surface area contributed by atoms with Crippen LogP contribution in [0.15, 0.2) is 11.6 Å². The zero-order valence-corrected chi connectivity index (χ0v) is 24.0. The number of hydrogen-bond donors (Lipinski definition) is 0. The lowest BCUT2D eigenvalue weighted by molar-refractivity contribution is -0.135. The summed E-state index contributed by atoms with van der Waals surface area (Å²) in [4.78, 5) is 12.9. The molecule has 0 heterocycles. The summed E-state index contributed by atoms with van der Waals surface area (Å²) >= 11 is 0. The molecule has 28 heavy (non-hydrogen) atoms. The Morgan fingerprint density at radius 1 is 0.857 bits per heavy atom. The Morgan fingerprint density at radius 3 is 1.57 bits per heavy atom. The number of ether oxygens (including phenoxy) is 1. The molecule has 0 saturated carbocycles. The molecule has 166 valence electrons. The fourth-order valence-corrected chi connectivity index (χ4v) is 13.7. The predicted molar refractivity (Wildman–Crippen MR) is 125 cm³/mol. The molecule has 0 aromatic heterocycles. The van der Waals surface area contributed by atoms with Gasteiger partial charge in [0.15, 0.2) is 25.0 Å². The Hall–Kier alpha value is -0.0825. The van der Waals surface area contributed by atoms with Crippen LogP contribution in [0.3, 0.4) is 0 Å². The van der Waals surface area contributed by atoms with E-state index in [2.05, 4.69) is 0 Å². The molecule has 0 bridgehead atoms. The quantitative estimate of drug-likeness (QED) is 0.288. The molecule has 0 aromatic rings. The van der Waals surface area contributed by atoms with Gasteiger partial charge in [-0.2, -0.15) is 0 Å². The number of carbonyl (C=O) groups is 1. The van der Waals surface area contributed by atoms with Crippen LogP contribution in [0.1, 0.15) is 27.2 Å². The summed E-state index contributed by atoms with van der Waals surface area (Å²) < 4.78 is 30.7. The first-order chi connectivity index (χ1) is 12.4.